The van der Waals surface area contributed by atoms with Gasteiger partial charge in [-0.05, 0) is 17.7 Å². The van der Waals surface area contributed by atoms with E-state index in [1.54, 1.807) is 30.4 Å². The number of halogens is 1. The molecule has 0 spiro atoms. The van der Waals surface area contributed by atoms with Crippen LogP contribution in [-0.4, -0.2) is 29.2 Å². The fourth-order valence-corrected chi connectivity index (χ4v) is 3.08. The molecule has 0 unspecified atom stereocenters. The van der Waals surface area contributed by atoms with Crippen molar-refractivity contribution in [2.45, 2.75) is 18.8 Å². The second-order valence-corrected chi connectivity index (χ2v) is 5.62. The third kappa shape index (κ3) is 2.66. The van der Waals surface area contributed by atoms with Crippen molar-refractivity contribution in [2.24, 2.45) is 11.8 Å². The number of amides is 1. The van der Waals surface area contributed by atoms with E-state index in [1.807, 2.05) is 6.07 Å². The summed E-state index contributed by atoms with van der Waals surface area (Å²) in [5.41, 5.74) is 0.863. The number of carbonyl (C=O) groups is 2. The molecule has 2 aliphatic rings. The molecule has 2 aliphatic heterocycles. The summed E-state index contributed by atoms with van der Waals surface area (Å²) in [6.07, 6.45) is 2.52. The van der Waals surface area contributed by atoms with E-state index in [0.29, 0.717) is 11.6 Å². The van der Waals surface area contributed by atoms with Crippen LogP contribution < -0.4 is 5.32 Å². The van der Waals surface area contributed by atoms with E-state index in [4.69, 9.17) is 16.3 Å². The number of carboxylic acid groups (broad SMARTS) is 1. The van der Waals surface area contributed by atoms with Crippen LogP contribution in [0.15, 0.2) is 36.4 Å². The molecule has 2 N–H and O–H groups in total. The molecule has 2 heterocycles. The number of ether oxygens (including phenoxy) is 1. The minimum absolute atomic E-state index is 0.306. The molecule has 0 radical (unpaired) electrons. The van der Waals surface area contributed by atoms with E-state index < -0.39 is 30.0 Å². The number of benzene rings is 1. The monoisotopic (exact) mass is 307 g/mol. The summed E-state index contributed by atoms with van der Waals surface area (Å²) < 4.78 is 5.48. The number of hydrogen-bond acceptors (Lipinski definition) is 3. The third-order valence-electron chi connectivity index (χ3n) is 3.84. The summed E-state index contributed by atoms with van der Waals surface area (Å²) in [6, 6.07) is 7.15. The number of fused-ring (bicyclic) bond motifs is 2. The first kappa shape index (κ1) is 14.1. The van der Waals surface area contributed by atoms with Gasteiger partial charge in [0.2, 0.25) is 5.91 Å². The molecule has 5 nitrogen and oxygen atoms in total. The first-order chi connectivity index (χ1) is 10.1. The molecule has 21 heavy (non-hydrogen) atoms. The highest BCUT2D eigenvalue weighted by Gasteiger charge is 2.53. The summed E-state index contributed by atoms with van der Waals surface area (Å²) in [5, 5.41) is 12.6. The number of aliphatic carboxylic acids is 1. The zero-order valence-electron chi connectivity index (χ0n) is 11.0. The molecule has 0 aliphatic carbocycles. The molecule has 0 saturated carbocycles. The molecule has 1 saturated heterocycles. The number of carboxylic acids is 1. The van der Waals surface area contributed by atoms with Crippen LogP contribution in [0.25, 0.3) is 0 Å². The van der Waals surface area contributed by atoms with Crippen molar-refractivity contribution in [2.75, 3.05) is 0 Å². The highest BCUT2D eigenvalue weighted by Crippen LogP contribution is 2.39. The first-order valence-electron chi connectivity index (χ1n) is 6.65. The lowest BCUT2D eigenvalue weighted by Crippen LogP contribution is -2.42. The Morgan fingerprint density at radius 3 is 2.62 bits per heavy atom. The zero-order chi connectivity index (χ0) is 15.0. The average Bonchev–Trinajstić information content (AvgIpc) is 3.05. The molecular weight excluding hydrogens is 294 g/mol. The Morgan fingerprint density at radius 2 is 1.95 bits per heavy atom. The van der Waals surface area contributed by atoms with Gasteiger partial charge in [-0.25, -0.2) is 0 Å². The molecule has 1 fully saturated rings. The number of carbonyl (C=O) groups excluding carboxylic acids is 1. The Bertz CT molecular complexity index is 615. The van der Waals surface area contributed by atoms with E-state index in [2.05, 4.69) is 5.32 Å². The molecule has 1 amide bonds. The summed E-state index contributed by atoms with van der Waals surface area (Å²) in [6.45, 7) is 0.309. The number of nitrogens with one attached hydrogen (secondary N) is 1. The molecule has 1 aromatic rings. The van der Waals surface area contributed by atoms with Gasteiger partial charge in [-0.2, -0.15) is 0 Å². The maximum atomic E-state index is 12.3. The van der Waals surface area contributed by atoms with Gasteiger partial charge in [0.05, 0.1) is 18.1 Å². The van der Waals surface area contributed by atoms with Gasteiger partial charge < -0.3 is 15.2 Å². The largest absolute Gasteiger partial charge is 0.481 e. The lowest BCUT2D eigenvalue weighted by atomic mass is 9.82. The Kier molecular flexibility index (Phi) is 3.69. The van der Waals surface area contributed by atoms with Gasteiger partial charge >= 0.3 is 5.97 Å². The van der Waals surface area contributed by atoms with Crippen molar-refractivity contribution in [3.05, 3.63) is 47.0 Å². The quantitative estimate of drug-likeness (QED) is 0.829. The maximum absolute atomic E-state index is 12.3. The van der Waals surface area contributed by atoms with Crippen LogP contribution >= 0.6 is 11.6 Å². The molecule has 4 atom stereocenters. The van der Waals surface area contributed by atoms with Crippen molar-refractivity contribution < 1.29 is 19.4 Å². The molecule has 0 aromatic heterocycles. The third-order valence-corrected chi connectivity index (χ3v) is 4.08. The molecule has 2 bridgehead atoms. The second kappa shape index (κ2) is 5.50. The SMILES string of the molecule is O=C(O)[C@@H]1[C@H](C(=O)NCc2cccc(Cl)c2)[C@H]2C=C[C@@H]1O2. The highest BCUT2D eigenvalue weighted by atomic mass is 35.5. The molecule has 110 valence electrons. The smallest absolute Gasteiger partial charge is 0.310 e. The van der Waals surface area contributed by atoms with Crippen LogP contribution in [0.5, 0.6) is 0 Å². The van der Waals surface area contributed by atoms with Crippen LogP contribution in [0.3, 0.4) is 0 Å². The molecule has 6 heteroatoms. The van der Waals surface area contributed by atoms with E-state index in [1.165, 1.54) is 0 Å². The van der Waals surface area contributed by atoms with E-state index in [0.717, 1.165) is 5.56 Å². The number of hydrogen-bond donors (Lipinski definition) is 2. The van der Waals surface area contributed by atoms with Gasteiger partial charge in [0, 0.05) is 11.6 Å². The minimum Gasteiger partial charge on any atom is -0.481 e. The van der Waals surface area contributed by atoms with Crippen molar-refractivity contribution >= 4 is 23.5 Å². The topological polar surface area (TPSA) is 75.6 Å². The van der Waals surface area contributed by atoms with Crippen molar-refractivity contribution in [3.63, 3.8) is 0 Å². The van der Waals surface area contributed by atoms with Crippen LogP contribution in [0.4, 0.5) is 0 Å². The standard InChI is InChI=1S/C15H14ClNO4/c16-9-3-1-2-8(6-9)7-17-14(18)12-10-4-5-11(21-10)13(12)15(19)20/h1-6,10-13H,7H2,(H,17,18)(H,19,20)/t10-,11+,12-,13+/m1/s1. The normalized spacial score (nSPS) is 29.6. The highest BCUT2D eigenvalue weighted by molar-refractivity contribution is 6.30. The summed E-state index contributed by atoms with van der Waals surface area (Å²) in [5.74, 6) is -2.81. The van der Waals surface area contributed by atoms with Crippen LogP contribution in [0.2, 0.25) is 5.02 Å². The lowest BCUT2D eigenvalue weighted by molar-refractivity contribution is -0.146. The maximum Gasteiger partial charge on any atom is 0.310 e. The predicted molar refractivity (Wildman–Crippen MR) is 75.7 cm³/mol. The van der Waals surface area contributed by atoms with Crippen LogP contribution in [-0.2, 0) is 20.9 Å². The molecule has 3 rings (SSSR count). The van der Waals surface area contributed by atoms with Crippen LogP contribution in [0.1, 0.15) is 5.56 Å². The van der Waals surface area contributed by atoms with Gasteiger partial charge in [0.1, 0.15) is 5.92 Å². The Labute approximate surface area is 126 Å². The molecule has 1 aromatic carbocycles. The zero-order valence-corrected chi connectivity index (χ0v) is 11.8. The van der Waals surface area contributed by atoms with E-state index in [9.17, 15) is 14.7 Å². The Hall–Kier alpha value is -1.85. The van der Waals surface area contributed by atoms with Gasteiger partial charge in [0.15, 0.2) is 0 Å². The summed E-state index contributed by atoms with van der Waals surface area (Å²) >= 11 is 5.88. The van der Waals surface area contributed by atoms with Gasteiger partial charge in [-0.1, -0.05) is 35.9 Å². The predicted octanol–water partition coefficient (Wildman–Crippen LogP) is 1.61. The number of rotatable bonds is 4. The Morgan fingerprint density at radius 1 is 1.24 bits per heavy atom. The van der Waals surface area contributed by atoms with Gasteiger partial charge in [-0.3, -0.25) is 9.59 Å². The van der Waals surface area contributed by atoms with E-state index >= 15 is 0 Å². The van der Waals surface area contributed by atoms with Gasteiger partial charge in [-0.15, -0.1) is 0 Å². The summed E-state index contributed by atoms with van der Waals surface area (Å²) in [7, 11) is 0. The van der Waals surface area contributed by atoms with E-state index in [-0.39, 0.29) is 5.91 Å². The van der Waals surface area contributed by atoms with Crippen molar-refractivity contribution in [1.29, 1.82) is 0 Å². The average molecular weight is 308 g/mol. The second-order valence-electron chi connectivity index (χ2n) is 5.19. The lowest BCUT2D eigenvalue weighted by Gasteiger charge is -2.21. The van der Waals surface area contributed by atoms with Crippen molar-refractivity contribution in [3.8, 4) is 0 Å². The van der Waals surface area contributed by atoms with Crippen molar-refractivity contribution in [1.82, 2.24) is 5.32 Å². The van der Waals surface area contributed by atoms with Crippen LogP contribution in [0, 0.1) is 11.8 Å². The fraction of sp³-hybridized carbons (Fsp3) is 0.333. The molecular formula is C15H14ClNO4. The van der Waals surface area contributed by atoms with Gasteiger partial charge in [0.25, 0.3) is 0 Å². The fourth-order valence-electron chi connectivity index (χ4n) is 2.87. The first-order valence-corrected chi connectivity index (χ1v) is 7.03. The summed E-state index contributed by atoms with van der Waals surface area (Å²) in [4.78, 5) is 23.6. The minimum atomic E-state index is -1.00. The Balaban J connectivity index is 1.68.